The Labute approximate surface area is 83.3 Å². The van der Waals surface area contributed by atoms with E-state index >= 15 is 0 Å². The second-order valence-corrected chi connectivity index (χ2v) is 4.59. The maximum absolute atomic E-state index is 3.62. The Morgan fingerprint density at radius 3 is 2.62 bits per heavy atom. The van der Waals surface area contributed by atoms with E-state index in [4.69, 9.17) is 0 Å². The van der Waals surface area contributed by atoms with Gasteiger partial charge in [-0.3, -0.25) is 0 Å². The van der Waals surface area contributed by atoms with Crippen LogP contribution in [0.3, 0.4) is 0 Å². The molecular formula is C12H25N. The molecule has 13 heavy (non-hydrogen) atoms. The van der Waals surface area contributed by atoms with Gasteiger partial charge in [-0.15, -0.1) is 0 Å². The Kier molecular flexibility index (Phi) is 4.79. The van der Waals surface area contributed by atoms with Crippen molar-refractivity contribution >= 4 is 0 Å². The molecule has 0 bridgehead atoms. The van der Waals surface area contributed by atoms with Crippen LogP contribution in [0.5, 0.6) is 0 Å². The lowest BCUT2D eigenvalue weighted by Gasteiger charge is -2.20. The Hall–Kier alpha value is -0.0400. The summed E-state index contributed by atoms with van der Waals surface area (Å²) >= 11 is 0. The highest BCUT2D eigenvalue weighted by Crippen LogP contribution is 2.34. The zero-order chi connectivity index (χ0) is 9.68. The molecule has 1 aliphatic rings. The Morgan fingerprint density at radius 2 is 2.08 bits per heavy atom. The standard InChI is InChI=1S/C12H25N/c1-4-8-13-10(3)12-7-6-11(5-2)9-12/h10-13H,4-9H2,1-3H3. The van der Waals surface area contributed by atoms with Gasteiger partial charge < -0.3 is 5.32 Å². The zero-order valence-corrected chi connectivity index (χ0v) is 9.47. The first-order valence-corrected chi connectivity index (χ1v) is 6.01. The van der Waals surface area contributed by atoms with Crippen molar-refractivity contribution in [2.24, 2.45) is 11.8 Å². The summed E-state index contributed by atoms with van der Waals surface area (Å²) in [6.45, 7) is 8.12. The predicted octanol–water partition coefficient (Wildman–Crippen LogP) is 3.20. The zero-order valence-electron chi connectivity index (χ0n) is 9.47. The van der Waals surface area contributed by atoms with Crippen LogP contribution in [-0.2, 0) is 0 Å². The molecule has 1 fully saturated rings. The lowest BCUT2D eigenvalue weighted by atomic mass is 9.97. The van der Waals surface area contributed by atoms with Gasteiger partial charge in [0.05, 0.1) is 0 Å². The molecule has 0 heterocycles. The molecule has 0 aromatic heterocycles. The summed E-state index contributed by atoms with van der Waals surface area (Å²) < 4.78 is 0. The fraction of sp³-hybridized carbons (Fsp3) is 1.00. The molecule has 78 valence electrons. The van der Waals surface area contributed by atoms with Crippen LogP contribution >= 0.6 is 0 Å². The van der Waals surface area contributed by atoms with Gasteiger partial charge >= 0.3 is 0 Å². The maximum Gasteiger partial charge on any atom is 0.00670 e. The first kappa shape index (κ1) is 11.0. The average molecular weight is 183 g/mol. The number of hydrogen-bond donors (Lipinski definition) is 1. The molecule has 0 amide bonds. The van der Waals surface area contributed by atoms with E-state index in [1.807, 2.05) is 0 Å². The normalized spacial score (nSPS) is 30.7. The van der Waals surface area contributed by atoms with E-state index in [1.165, 1.54) is 38.6 Å². The lowest BCUT2D eigenvalue weighted by Crippen LogP contribution is -2.32. The van der Waals surface area contributed by atoms with Crippen LogP contribution in [0, 0.1) is 11.8 Å². The van der Waals surface area contributed by atoms with Gasteiger partial charge in [-0.25, -0.2) is 0 Å². The predicted molar refractivity (Wildman–Crippen MR) is 58.9 cm³/mol. The molecule has 1 aliphatic carbocycles. The van der Waals surface area contributed by atoms with Gasteiger partial charge in [0.1, 0.15) is 0 Å². The molecular weight excluding hydrogens is 158 g/mol. The quantitative estimate of drug-likeness (QED) is 0.690. The van der Waals surface area contributed by atoms with Crippen molar-refractivity contribution in [2.75, 3.05) is 6.54 Å². The van der Waals surface area contributed by atoms with Crippen LogP contribution in [0.1, 0.15) is 52.9 Å². The highest BCUT2D eigenvalue weighted by Gasteiger charge is 2.26. The molecule has 3 atom stereocenters. The molecule has 0 saturated heterocycles. The second kappa shape index (κ2) is 5.64. The van der Waals surface area contributed by atoms with Gasteiger partial charge in [-0.1, -0.05) is 26.7 Å². The van der Waals surface area contributed by atoms with E-state index in [0.29, 0.717) is 0 Å². The molecule has 0 radical (unpaired) electrons. The highest BCUT2D eigenvalue weighted by molar-refractivity contribution is 4.81. The first-order chi connectivity index (χ1) is 6.27. The van der Waals surface area contributed by atoms with Crippen molar-refractivity contribution in [1.29, 1.82) is 0 Å². The molecule has 1 saturated carbocycles. The number of hydrogen-bond acceptors (Lipinski definition) is 1. The molecule has 1 rings (SSSR count). The van der Waals surface area contributed by atoms with Crippen LogP contribution < -0.4 is 5.32 Å². The fourth-order valence-corrected chi connectivity index (χ4v) is 2.48. The van der Waals surface area contributed by atoms with Crippen molar-refractivity contribution < 1.29 is 0 Å². The van der Waals surface area contributed by atoms with E-state index in [2.05, 4.69) is 26.1 Å². The molecule has 0 aromatic carbocycles. The summed E-state index contributed by atoms with van der Waals surface area (Å²) in [6, 6.07) is 0.747. The largest absolute Gasteiger partial charge is 0.314 e. The third-order valence-electron chi connectivity index (χ3n) is 3.58. The third-order valence-corrected chi connectivity index (χ3v) is 3.58. The van der Waals surface area contributed by atoms with Crippen LogP contribution in [0.25, 0.3) is 0 Å². The van der Waals surface area contributed by atoms with Crippen LogP contribution in [0.4, 0.5) is 0 Å². The molecule has 1 heteroatoms. The van der Waals surface area contributed by atoms with E-state index in [0.717, 1.165) is 17.9 Å². The van der Waals surface area contributed by atoms with Gasteiger partial charge in [-0.05, 0) is 44.6 Å². The topological polar surface area (TPSA) is 12.0 Å². The van der Waals surface area contributed by atoms with Crippen LogP contribution in [-0.4, -0.2) is 12.6 Å². The summed E-state index contributed by atoms with van der Waals surface area (Å²) in [4.78, 5) is 0. The second-order valence-electron chi connectivity index (χ2n) is 4.59. The molecule has 1 N–H and O–H groups in total. The fourth-order valence-electron chi connectivity index (χ4n) is 2.48. The average Bonchev–Trinajstić information content (AvgIpc) is 2.62. The van der Waals surface area contributed by atoms with Gasteiger partial charge in [0, 0.05) is 6.04 Å². The third kappa shape index (κ3) is 3.30. The monoisotopic (exact) mass is 183 g/mol. The summed E-state index contributed by atoms with van der Waals surface area (Å²) in [6.07, 6.45) is 7.04. The van der Waals surface area contributed by atoms with Crippen molar-refractivity contribution in [1.82, 2.24) is 5.32 Å². The molecule has 0 aromatic rings. The lowest BCUT2D eigenvalue weighted by molar-refractivity contribution is 0.367. The molecule has 3 unspecified atom stereocenters. The van der Waals surface area contributed by atoms with Gasteiger partial charge in [0.2, 0.25) is 0 Å². The van der Waals surface area contributed by atoms with Crippen LogP contribution in [0.15, 0.2) is 0 Å². The van der Waals surface area contributed by atoms with Crippen molar-refractivity contribution in [3.8, 4) is 0 Å². The Morgan fingerprint density at radius 1 is 1.31 bits per heavy atom. The first-order valence-electron chi connectivity index (χ1n) is 6.01. The minimum Gasteiger partial charge on any atom is -0.314 e. The SMILES string of the molecule is CCCNC(C)C1CCC(CC)C1. The number of nitrogens with one attached hydrogen (secondary N) is 1. The van der Waals surface area contributed by atoms with E-state index in [-0.39, 0.29) is 0 Å². The van der Waals surface area contributed by atoms with E-state index < -0.39 is 0 Å². The summed E-state index contributed by atoms with van der Waals surface area (Å²) in [7, 11) is 0. The van der Waals surface area contributed by atoms with E-state index in [1.54, 1.807) is 0 Å². The highest BCUT2D eigenvalue weighted by atomic mass is 14.9. The molecule has 0 spiro atoms. The van der Waals surface area contributed by atoms with Gasteiger partial charge in [0.15, 0.2) is 0 Å². The molecule has 0 aliphatic heterocycles. The van der Waals surface area contributed by atoms with Gasteiger partial charge in [0.25, 0.3) is 0 Å². The minimum absolute atomic E-state index is 0.747. The van der Waals surface area contributed by atoms with Gasteiger partial charge in [-0.2, -0.15) is 0 Å². The maximum atomic E-state index is 3.62. The van der Waals surface area contributed by atoms with Crippen LogP contribution in [0.2, 0.25) is 0 Å². The summed E-state index contributed by atoms with van der Waals surface area (Å²) in [5.41, 5.74) is 0. The smallest absolute Gasteiger partial charge is 0.00670 e. The summed E-state index contributed by atoms with van der Waals surface area (Å²) in [5, 5.41) is 3.62. The Bertz CT molecular complexity index is 133. The molecule has 1 nitrogen and oxygen atoms in total. The Balaban J connectivity index is 2.20. The summed E-state index contributed by atoms with van der Waals surface area (Å²) in [5.74, 6) is 1.98. The van der Waals surface area contributed by atoms with Crippen molar-refractivity contribution in [3.63, 3.8) is 0 Å². The minimum atomic E-state index is 0.747. The van der Waals surface area contributed by atoms with E-state index in [9.17, 15) is 0 Å². The number of rotatable bonds is 5. The van der Waals surface area contributed by atoms with Crippen molar-refractivity contribution in [2.45, 2.75) is 58.9 Å². The van der Waals surface area contributed by atoms with Crippen molar-refractivity contribution in [3.05, 3.63) is 0 Å².